The van der Waals surface area contributed by atoms with Crippen LogP contribution >= 0.6 is 0 Å². The van der Waals surface area contributed by atoms with Gasteiger partial charge >= 0.3 is 6.09 Å². The number of fused-ring (bicyclic) bond motifs is 1. The second kappa shape index (κ2) is 9.42. The highest BCUT2D eigenvalue weighted by molar-refractivity contribution is 5.96. The summed E-state index contributed by atoms with van der Waals surface area (Å²) in [5.41, 5.74) is 1.31. The summed E-state index contributed by atoms with van der Waals surface area (Å²) >= 11 is 0. The van der Waals surface area contributed by atoms with Gasteiger partial charge in [0.1, 0.15) is 17.5 Å². The molecule has 0 bridgehead atoms. The largest absolute Gasteiger partial charge is 0.444 e. The fourth-order valence-corrected chi connectivity index (χ4v) is 3.49. The number of aromatic amines is 1. The third-order valence-electron chi connectivity index (χ3n) is 4.78. The summed E-state index contributed by atoms with van der Waals surface area (Å²) in [6.45, 7) is 9.47. The number of nitrogens with one attached hydrogen (secondary N) is 3. The van der Waals surface area contributed by atoms with Gasteiger partial charge in [-0.2, -0.15) is 4.98 Å². The minimum absolute atomic E-state index is 0.180. The average Bonchev–Trinajstić information content (AvgIpc) is 3.23. The van der Waals surface area contributed by atoms with E-state index < -0.39 is 23.6 Å². The molecule has 0 fully saturated rings. The van der Waals surface area contributed by atoms with Crippen LogP contribution in [0.15, 0.2) is 30.5 Å². The quantitative estimate of drug-likeness (QED) is 0.520. The molecule has 3 aromatic rings. The van der Waals surface area contributed by atoms with Crippen molar-refractivity contribution in [3.8, 4) is 0 Å². The van der Waals surface area contributed by atoms with Crippen molar-refractivity contribution in [2.24, 2.45) is 13.0 Å². The Bertz CT molecular complexity index is 1090. The minimum atomic E-state index is -0.872. The van der Waals surface area contributed by atoms with Gasteiger partial charge < -0.3 is 14.6 Å². The van der Waals surface area contributed by atoms with E-state index in [4.69, 9.17) is 4.74 Å². The molecule has 32 heavy (non-hydrogen) atoms. The Kier molecular flexibility index (Phi) is 6.86. The molecule has 0 aliphatic carbocycles. The van der Waals surface area contributed by atoms with Crippen LogP contribution in [0.1, 0.15) is 46.0 Å². The maximum atomic E-state index is 13.1. The van der Waals surface area contributed by atoms with Crippen molar-refractivity contribution in [1.82, 2.24) is 25.1 Å². The van der Waals surface area contributed by atoms with Gasteiger partial charge in [-0.25, -0.2) is 4.79 Å². The molecule has 172 valence electrons. The molecule has 3 N–H and O–H groups in total. The molecular weight excluding hydrogens is 408 g/mol. The lowest BCUT2D eigenvalue weighted by Gasteiger charge is -2.23. The molecule has 2 amide bonds. The second-order valence-corrected chi connectivity index (χ2v) is 9.38. The summed E-state index contributed by atoms with van der Waals surface area (Å²) in [6, 6.07) is 7.06. The van der Waals surface area contributed by atoms with Gasteiger partial charge in [0.15, 0.2) is 0 Å². The molecule has 0 spiro atoms. The van der Waals surface area contributed by atoms with E-state index >= 15 is 0 Å². The first-order valence-electron chi connectivity index (χ1n) is 10.8. The zero-order valence-electron chi connectivity index (χ0n) is 19.5. The molecule has 2 aromatic heterocycles. The van der Waals surface area contributed by atoms with Crippen LogP contribution < -0.4 is 10.6 Å². The third kappa shape index (κ3) is 6.09. The van der Waals surface area contributed by atoms with E-state index in [9.17, 15) is 9.59 Å². The molecule has 1 aromatic carbocycles. The Morgan fingerprint density at radius 1 is 1.19 bits per heavy atom. The highest BCUT2D eigenvalue weighted by atomic mass is 16.6. The van der Waals surface area contributed by atoms with Gasteiger partial charge in [0.2, 0.25) is 11.9 Å². The summed E-state index contributed by atoms with van der Waals surface area (Å²) < 4.78 is 7.37. The highest BCUT2D eigenvalue weighted by Crippen LogP contribution is 2.22. The number of nitrogens with zero attached hydrogens (tertiary/aromatic N) is 3. The molecule has 2 heterocycles. The minimum Gasteiger partial charge on any atom is -0.444 e. The van der Waals surface area contributed by atoms with Crippen LogP contribution in [0.3, 0.4) is 0 Å². The van der Waals surface area contributed by atoms with E-state index in [0.717, 1.165) is 22.9 Å². The van der Waals surface area contributed by atoms with Gasteiger partial charge in [-0.1, -0.05) is 32.0 Å². The van der Waals surface area contributed by atoms with Gasteiger partial charge in [-0.05, 0) is 38.3 Å². The zero-order valence-corrected chi connectivity index (χ0v) is 19.5. The number of para-hydroxylation sites is 1. The normalized spacial score (nSPS) is 12.7. The molecule has 0 radical (unpaired) electrons. The van der Waals surface area contributed by atoms with Gasteiger partial charge in [0, 0.05) is 37.0 Å². The monoisotopic (exact) mass is 440 g/mol. The predicted octanol–water partition coefficient (Wildman–Crippen LogP) is 3.57. The van der Waals surface area contributed by atoms with Crippen molar-refractivity contribution in [2.75, 3.05) is 5.32 Å². The number of aryl methyl sites for hydroxylation is 1. The number of hydrogen-bond acceptors (Lipinski definition) is 5. The molecule has 1 unspecified atom stereocenters. The number of H-pyrrole nitrogens is 1. The number of hydrogen-bond donors (Lipinski definition) is 3. The summed E-state index contributed by atoms with van der Waals surface area (Å²) in [7, 11) is 1.95. The molecule has 3 rings (SSSR count). The van der Waals surface area contributed by atoms with Crippen LogP contribution in [-0.4, -0.2) is 43.4 Å². The molecular formula is C23H32N6O3. The summed E-state index contributed by atoms with van der Waals surface area (Å²) in [4.78, 5) is 29.9. The van der Waals surface area contributed by atoms with Crippen LogP contribution in [0.4, 0.5) is 10.7 Å². The van der Waals surface area contributed by atoms with Crippen molar-refractivity contribution in [1.29, 1.82) is 0 Å². The lowest BCUT2D eigenvalue weighted by Crippen LogP contribution is -2.47. The lowest BCUT2D eigenvalue weighted by molar-refractivity contribution is -0.118. The number of ether oxygens (including phenoxy) is 1. The van der Waals surface area contributed by atoms with E-state index in [1.165, 1.54) is 0 Å². The lowest BCUT2D eigenvalue weighted by atomic mass is 10.0. The van der Waals surface area contributed by atoms with E-state index in [0.29, 0.717) is 11.7 Å². The number of aromatic nitrogens is 4. The molecule has 9 nitrogen and oxygen atoms in total. The van der Waals surface area contributed by atoms with Crippen LogP contribution in [0, 0.1) is 5.92 Å². The van der Waals surface area contributed by atoms with Crippen molar-refractivity contribution < 1.29 is 14.3 Å². The number of rotatable bonds is 7. The van der Waals surface area contributed by atoms with E-state index in [1.54, 1.807) is 20.8 Å². The van der Waals surface area contributed by atoms with Gasteiger partial charge in [-0.3, -0.25) is 15.2 Å². The third-order valence-corrected chi connectivity index (χ3v) is 4.78. The van der Waals surface area contributed by atoms with E-state index in [-0.39, 0.29) is 12.4 Å². The van der Waals surface area contributed by atoms with E-state index in [1.807, 2.05) is 42.1 Å². The molecule has 0 saturated carbocycles. The van der Waals surface area contributed by atoms with Crippen LogP contribution in [0.25, 0.3) is 10.9 Å². The first kappa shape index (κ1) is 23.3. The van der Waals surface area contributed by atoms with Crippen LogP contribution in [0.5, 0.6) is 0 Å². The molecule has 0 aliphatic rings. The van der Waals surface area contributed by atoms with Gasteiger partial charge in [0.05, 0.1) is 0 Å². The topological polar surface area (TPSA) is 114 Å². The Balaban J connectivity index is 1.81. The van der Waals surface area contributed by atoms with Gasteiger partial charge in [0.25, 0.3) is 0 Å². The van der Waals surface area contributed by atoms with Crippen LogP contribution in [-0.2, 0) is 29.4 Å². The first-order chi connectivity index (χ1) is 15.0. The zero-order chi connectivity index (χ0) is 23.5. The Morgan fingerprint density at radius 2 is 1.91 bits per heavy atom. The molecule has 0 saturated heterocycles. The summed E-state index contributed by atoms with van der Waals surface area (Å²) in [5, 5.41) is 13.4. The second-order valence-electron chi connectivity index (χ2n) is 9.38. The van der Waals surface area contributed by atoms with Crippen LogP contribution in [0.2, 0.25) is 0 Å². The number of carbonyl (C=O) groups is 2. The molecule has 1 atom stereocenters. The smallest absolute Gasteiger partial charge is 0.408 e. The number of alkyl carbamates (subject to hydrolysis) is 1. The van der Waals surface area contributed by atoms with E-state index in [2.05, 4.69) is 39.7 Å². The van der Waals surface area contributed by atoms with Crippen molar-refractivity contribution >= 4 is 28.9 Å². The molecule has 0 aliphatic heterocycles. The maximum absolute atomic E-state index is 13.1. The van der Waals surface area contributed by atoms with Crippen molar-refractivity contribution in [2.45, 2.75) is 59.1 Å². The number of carbonyl (C=O) groups excluding carboxylic acids is 2. The number of anilines is 1. The summed E-state index contributed by atoms with van der Waals surface area (Å²) in [5.74, 6) is 0.860. The maximum Gasteiger partial charge on any atom is 0.408 e. The average molecular weight is 441 g/mol. The fourth-order valence-electron chi connectivity index (χ4n) is 3.49. The first-order valence-corrected chi connectivity index (χ1v) is 10.8. The Labute approximate surface area is 187 Å². The van der Waals surface area contributed by atoms with Crippen molar-refractivity contribution in [3.05, 3.63) is 41.9 Å². The Hall–Kier alpha value is -3.36. The predicted molar refractivity (Wildman–Crippen MR) is 123 cm³/mol. The van der Waals surface area contributed by atoms with Crippen molar-refractivity contribution in [3.63, 3.8) is 0 Å². The fraction of sp³-hybridized carbons (Fsp3) is 0.478. The SMILES string of the molecule is CC(C)Cc1nc(NC(=O)C(Cc2cn(C)c3ccccc23)NC(=O)OC(C)(C)C)n[nH]1. The number of amides is 2. The van der Waals surface area contributed by atoms with Gasteiger partial charge in [-0.15, -0.1) is 5.10 Å². The molecule has 9 heteroatoms. The standard InChI is InChI=1S/C23H32N6O3/c1-14(2)11-19-25-21(28-27-19)26-20(30)17(24-22(31)32-23(3,4)5)12-15-13-29(6)18-10-8-7-9-16(15)18/h7-10,13-14,17H,11-12H2,1-6H3,(H,24,31)(H2,25,26,27,28,30). The Morgan fingerprint density at radius 3 is 2.59 bits per heavy atom. The highest BCUT2D eigenvalue weighted by Gasteiger charge is 2.27. The number of benzene rings is 1. The summed E-state index contributed by atoms with van der Waals surface area (Å²) in [6.07, 6.45) is 2.32.